The predicted octanol–water partition coefficient (Wildman–Crippen LogP) is 3.36. The summed E-state index contributed by atoms with van der Waals surface area (Å²) in [6, 6.07) is 22.0. The molecule has 11 heteroatoms. The molecule has 49 heavy (non-hydrogen) atoms. The number of carboxylic acid groups (broad SMARTS) is 1. The minimum Gasteiger partial charge on any atom is -0.481 e. The Morgan fingerprint density at radius 3 is 2.27 bits per heavy atom. The number of H-pyrrole nitrogens is 1. The van der Waals surface area contributed by atoms with Crippen LogP contribution in [0.4, 0.5) is 0 Å². The number of carbonyl (C=O) groups excluding carboxylic acids is 3. The Balaban J connectivity index is 1.28. The second kappa shape index (κ2) is 15.1. The number of likely N-dealkylation sites (tertiary alicyclic amines) is 1. The van der Waals surface area contributed by atoms with Gasteiger partial charge in [0, 0.05) is 55.4 Å². The zero-order chi connectivity index (χ0) is 34.3. The summed E-state index contributed by atoms with van der Waals surface area (Å²) in [5.74, 6) is -2.70. The van der Waals surface area contributed by atoms with Crippen LogP contribution >= 0.6 is 0 Å². The minimum absolute atomic E-state index is 0.153. The molecule has 0 saturated carbocycles. The van der Waals surface area contributed by atoms with Crippen molar-refractivity contribution in [3.63, 3.8) is 0 Å². The second-order valence-corrected chi connectivity index (χ2v) is 12.6. The number of aromatic nitrogens is 2. The maximum Gasteiger partial charge on any atom is 0.306 e. The molecule has 1 aliphatic heterocycles. The molecule has 0 bridgehead atoms. The number of para-hydroxylation sites is 1. The normalized spacial score (nSPS) is 15.4. The van der Waals surface area contributed by atoms with E-state index in [1.54, 1.807) is 23.4 Å². The SMILES string of the molecule is N[C@@H](Cc1cccnc1)C(=O)N[C@H](Cc1c[nH]c2ccccc12)C(=O)N[C@H](Cc1cccc2ccccc12)C(=O)N1CCC(C(=O)O)CC1. The standard InChI is InChI=1S/C38H40N6O5/c39-31(19-24-7-6-16-40-22-24)35(45)42-33(21-28-23-41-32-13-4-3-12-30(28)32)36(46)43-34(37(47)44-17-14-26(15-18-44)38(48)49)20-27-10-5-9-25-8-1-2-11-29(25)27/h1-13,16,22-23,26,31,33-34,41H,14-15,17-21,39H2,(H,42,45)(H,43,46)(H,48,49)/t31-,33+,34+/m0/s1. The van der Waals surface area contributed by atoms with Crippen molar-refractivity contribution in [1.29, 1.82) is 0 Å². The number of benzene rings is 3. The quantitative estimate of drug-likeness (QED) is 0.137. The lowest BCUT2D eigenvalue weighted by Gasteiger charge is -2.34. The van der Waals surface area contributed by atoms with Gasteiger partial charge in [-0.15, -0.1) is 0 Å². The Bertz CT molecular complexity index is 1950. The van der Waals surface area contributed by atoms with Crippen LogP contribution in [0.2, 0.25) is 0 Å². The van der Waals surface area contributed by atoms with Gasteiger partial charge in [-0.2, -0.15) is 0 Å². The molecule has 0 spiro atoms. The van der Waals surface area contributed by atoms with E-state index in [0.29, 0.717) is 12.8 Å². The topological polar surface area (TPSA) is 171 Å². The fraction of sp³-hybridized carbons (Fsp3) is 0.289. The molecular formula is C38H40N6O5. The van der Waals surface area contributed by atoms with Gasteiger partial charge in [0.15, 0.2) is 0 Å². The van der Waals surface area contributed by atoms with Gasteiger partial charge in [-0.1, -0.05) is 66.7 Å². The molecule has 3 amide bonds. The Kier molecular flexibility index (Phi) is 10.3. The number of aliphatic carboxylic acids is 1. The molecular weight excluding hydrogens is 620 g/mol. The number of fused-ring (bicyclic) bond motifs is 2. The largest absolute Gasteiger partial charge is 0.481 e. The Labute approximate surface area is 283 Å². The van der Waals surface area contributed by atoms with Gasteiger partial charge in [-0.05, 0) is 58.9 Å². The van der Waals surface area contributed by atoms with Gasteiger partial charge in [0.2, 0.25) is 17.7 Å². The number of rotatable bonds is 12. The summed E-state index contributed by atoms with van der Waals surface area (Å²) in [5, 5.41) is 18.3. The van der Waals surface area contributed by atoms with Crippen LogP contribution < -0.4 is 16.4 Å². The zero-order valence-electron chi connectivity index (χ0n) is 27.0. The van der Waals surface area contributed by atoms with Crippen LogP contribution in [0.25, 0.3) is 21.7 Å². The highest BCUT2D eigenvalue weighted by Crippen LogP contribution is 2.23. The maximum atomic E-state index is 14.3. The lowest BCUT2D eigenvalue weighted by molar-refractivity contribution is -0.146. The highest BCUT2D eigenvalue weighted by Gasteiger charge is 2.34. The average molecular weight is 661 g/mol. The summed E-state index contributed by atoms with van der Waals surface area (Å²) in [6.45, 7) is 0.548. The van der Waals surface area contributed by atoms with E-state index in [1.165, 1.54) is 0 Å². The molecule has 3 atom stereocenters. The summed E-state index contributed by atoms with van der Waals surface area (Å²) >= 11 is 0. The van der Waals surface area contributed by atoms with E-state index in [0.717, 1.165) is 38.4 Å². The first-order chi connectivity index (χ1) is 23.8. The number of pyridine rings is 1. The number of hydrogen-bond acceptors (Lipinski definition) is 6. The first kappa shape index (κ1) is 33.4. The molecule has 0 aliphatic carbocycles. The lowest BCUT2D eigenvalue weighted by atomic mass is 9.94. The van der Waals surface area contributed by atoms with Crippen molar-refractivity contribution in [3.05, 3.63) is 114 Å². The van der Waals surface area contributed by atoms with E-state index in [1.807, 2.05) is 79.0 Å². The molecule has 1 fully saturated rings. The molecule has 252 valence electrons. The molecule has 3 heterocycles. The molecule has 1 aliphatic rings. The van der Waals surface area contributed by atoms with Crippen molar-refractivity contribution in [1.82, 2.24) is 25.5 Å². The molecule has 6 N–H and O–H groups in total. The number of nitrogens with two attached hydrogens (primary N) is 1. The lowest BCUT2D eigenvalue weighted by Crippen LogP contribution is -2.58. The summed E-state index contributed by atoms with van der Waals surface area (Å²) in [4.78, 5) is 62.4. The Morgan fingerprint density at radius 1 is 0.816 bits per heavy atom. The zero-order valence-corrected chi connectivity index (χ0v) is 27.0. The first-order valence-electron chi connectivity index (χ1n) is 16.5. The minimum atomic E-state index is -1.05. The number of nitrogens with zero attached hydrogens (tertiary/aromatic N) is 2. The van der Waals surface area contributed by atoms with Crippen molar-refractivity contribution >= 4 is 45.4 Å². The van der Waals surface area contributed by atoms with Crippen molar-refractivity contribution in [3.8, 4) is 0 Å². The molecule has 5 aromatic rings. The molecule has 0 unspecified atom stereocenters. The number of nitrogens with one attached hydrogen (secondary N) is 3. The highest BCUT2D eigenvalue weighted by atomic mass is 16.4. The molecule has 3 aromatic carbocycles. The van der Waals surface area contributed by atoms with Gasteiger partial charge >= 0.3 is 5.97 Å². The number of carbonyl (C=O) groups is 4. The number of amides is 3. The third kappa shape index (κ3) is 7.95. The van der Waals surface area contributed by atoms with E-state index < -0.39 is 41.8 Å². The number of aromatic amines is 1. The summed E-state index contributed by atoms with van der Waals surface area (Å²) in [6.07, 6.45) is 6.37. The van der Waals surface area contributed by atoms with Crippen molar-refractivity contribution in [2.45, 2.75) is 50.2 Å². The van der Waals surface area contributed by atoms with E-state index >= 15 is 0 Å². The summed E-state index contributed by atoms with van der Waals surface area (Å²) in [5.41, 5.74) is 9.70. The second-order valence-electron chi connectivity index (χ2n) is 12.6. The van der Waals surface area contributed by atoms with Crippen molar-refractivity contribution in [2.75, 3.05) is 13.1 Å². The maximum absolute atomic E-state index is 14.3. The Hall–Kier alpha value is -5.55. The molecule has 11 nitrogen and oxygen atoms in total. The third-order valence-corrected chi connectivity index (χ3v) is 9.32. The monoisotopic (exact) mass is 660 g/mol. The highest BCUT2D eigenvalue weighted by molar-refractivity contribution is 5.95. The molecule has 0 radical (unpaired) electrons. The predicted molar refractivity (Wildman–Crippen MR) is 186 cm³/mol. The van der Waals surface area contributed by atoms with Crippen LogP contribution in [0, 0.1) is 5.92 Å². The summed E-state index contributed by atoms with van der Waals surface area (Å²) < 4.78 is 0. The van der Waals surface area contributed by atoms with Crippen LogP contribution in [0.15, 0.2) is 97.5 Å². The number of piperidine rings is 1. The van der Waals surface area contributed by atoms with Gasteiger partial charge in [-0.3, -0.25) is 24.2 Å². The third-order valence-electron chi connectivity index (χ3n) is 9.32. The molecule has 1 saturated heterocycles. The molecule has 6 rings (SSSR count). The summed E-state index contributed by atoms with van der Waals surface area (Å²) in [7, 11) is 0. The number of hydrogen-bond donors (Lipinski definition) is 5. The number of carboxylic acids is 1. The van der Waals surface area contributed by atoms with Gasteiger partial charge in [0.25, 0.3) is 0 Å². The van der Waals surface area contributed by atoms with Crippen molar-refractivity contribution in [2.24, 2.45) is 11.7 Å². The fourth-order valence-electron chi connectivity index (χ4n) is 6.60. The van der Waals surface area contributed by atoms with Crippen LogP contribution in [-0.4, -0.2) is 74.9 Å². The molecule has 2 aromatic heterocycles. The van der Waals surface area contributed by atoms with Crippen molar-refractivity contribution < 1.29 is 24.3 Å². The smallest absolute Gasteiger partial charge is 0.306 e. The first-order valence-corrected chi connectivity index (χ1v) is 16.5. The average Bonchev–Trinajstić information content (AvgIpc) is 3.53. The van der Waals surface area contributed by atoms with Gasteiger partial charge in [0.1, 0.15) is 12.1 Å². The van der Waals surface area contributed by atoms with E-state index in [9.17, 15) is 24.3 Å². The van der Waals surface area contributed by atoms with Crippen LogP contribution in [0.5, 0.6) is 0 Å². The van der Waals surface area contributed by atoms with Crippen LogP contribution in [0.1, 0.15) is 29.5 Å². The van der Waals surface area contributed by atoms with E-state index in [-0.39, 0.29) is 38.3 Å². The van der Waals surface area contributed by atoms with Gasteiger partial charge in [-0.25, -0.2) is 0 Å². The van der Waals surface area contributed by atoms with E-state index in [2.05, 4.69) is 20.6 Å². The fourth-order valence-corrected chi connectivity index (χ4v) is 6.60. The van der Waals surface area contributed by atoms with Crippen LogP contribution in [0.3, 0.4) is 0 Å². The van der Waals surface area contributed by atoms with Gasteiger partial charge < -0.3 is 31.4 Å². The van der Waals surface area contributed by atoms with Gasteiger partial charge in [0.05, 0.1) is 12.0 Å². The van der Waals surface area contributed by atoms with E-state index in [4.69, 9.17) is 5.73 Å². The van der Waals surface area contributed by atoms with Crippen LogP contribution in [-0.2, 0) is 38.4 Å². The Morgan fingerprint density at radius 2 is 1.51 bits per heavy atom.